The Balaban J connectivity index is 1.83. The van der Waals surface area contributed by atoms with Gasteiger partial charge in [0.05, 0.1) is 23.1 Å². The number of rotatable bonds is 8. The van der Waals surface area contributed by atoms with Crippen LogP contribution in [0.25, 0.3) is 5.76 Å². The zero-order chi connectivity index (χ0) is 26.7. The van der Waals surface area contributed by atoms with Crippen molar-refractivity contribution in [3.05, 3.63) is 105 Å². The van der Waals surface area contributed by atoms with E-state index in [1.165, 1.54) is 23.1 Å². The van der Waals surface area contributed by atoms with Crippen LogP contribution in [0.15, 0.2) is 72.6 Å². The molecular formula is C28H27N3O6. The predicted molar refractivity (Wildman–Crippen MR) is 137 cm³/mol. The molecule has 1 N–H and O–H groups in total. The van der Waals surface area contributed by atoms with Crippen LogP contribution in [0.5, 0.6) is 5.75 Å². The minimum atomic E-state index is -1.03. The van der Waals surface area contributed by atoms with E-state index in [-0.39, 0.29) is 23.6 Å². The van der Waals surface area contributed by atoms with Gasteiger partial charge in [-0.3, -0.25) is 24.7 Å². The minimum absolute atomic E-state index is 0.0313. The maximum atomic E-state index is 13.3. The molecule has 0 radical (unpaired) electrons. The molecule has 2 heterocycles. The smallest absolute Gasteiger partial charge is 0.295 e. The summed E-state index contributed by atoms with van der Waals surface area (Å²) < 4.78 is 5.81. The van der Waals surface area contributed by atoms with Gasteiger partial charge in [-0.1, -0.05) is 32.0 Å². The lowest BCUT2D eigenvalue weighted by Crippen LogP contribution is -2.29. The van der Waals surface area contributed by atoms with E-state index < -0.39 is 22.7 Å². The normalized spacial score (nSPS) is 16.9. The molecule has 9 heteroatoms. The number of nitro groups is 1. The van der Waals surface area contributed by atoms with Crippen molar-refractivity contribution in [2.24, 2.45) is 5.92 Å². The van der Waals surface area contributed by atoms with Gasteiger partial charge in [0.2, 0.25) is 0 Å². The van der Waals surface area contributed by atoms with Gasteiger partial charge in [-0.25, -0.2) is 0 Å². The van der Waals surface area contributed by atoms with Gasteiger partial charge in [-0.2, -0.15) is 0 Å². The first-order chi connectivity index (χ1) is 17.7. The predicted octanol–water partition coefficient (Wildman–Crippen LogP) is 4.95. The summed E-state index contributed by atoms with van der Waals surface area (Å²) in [5, 5.41) is 22.8. The fourth-order valence-corrected chi connectivity index (χ4v) is 4.26. The van der Waals surface area contributed by atoms with E-state index in [4.69, 9.17) is 4.74 Å². The Morgan fingerprint density at radius 1 is 1.16 bits per heavy atom. The third-order valence-corrected chi connectivity index (χ3v) is 6.03. The highest BCUT2D eigenvalue weighted by atomic mass is 16.6. The number of pyridine rings is 1. The summed E-state index contributed by atoms with van der Waals surface area (Å²) in [4.78, 5) is 42.7. The Morgan fingerprint density at radius 3 is 2.59 bits per heavy atom. The third-order valence-electron chi connectivity index (χ3n) is 6.03. The molecule has 1 atom stereocenters. The van der Waals surface area contributed by atoms with E-state index >= 15 is 0 Å². The van der Waals surface area contributed by atoms with E-state index in [1.54, 1.807) is 48.8 Å². The van der Waals surface area contributed by atoms with Crippen molar-refractivity contribution in [2.75, 3.05) is 6.61 Å². The minimum Gasteiger partial charge on any atom is -0.507 e. The molecule has 0 aliphatic carbocycles. The highest BCUT2D eigenvalue weighted by molar-refractivity contribution is 6.46. The van der Waals surface area contributed by atoms with Crippen molar-refractivity contribution >= 4 is 23.1 Å². The molecular weight excluding hydrogens is 474 g/mol. The molecule has 0 saturated carbocycles. The van der Waals surface area contributed by atoms with Gasteiger partial charge in [-0.05, 0) is 53.8 Å². The first-order valence-corrected chi connectivity index (χ1v) is 11.8. The van der Waals surface area contributed by atoms with Crippen molar-refractivity contribution in [2.45, 2.75) is 33.4 Å². The monoisotopic (exact) mass is 501 g/mol. The van der Waals surface area contributed by atoms with E-state index in [0.29, 0.717) is 35.0 Å². The number of ether oxygens (including phenoxy) is 1. The van der Waals surface area contributed by atoms with Gasteiger partial charge in [0.25, 0.3) is 17.4 Å². The maximum Gasteiger partial charge on any atom is 0.295 e. The molecule has 37 heavy (non-hydrogen) atoms. The van der Waals surface area contributed by atoms with Crippen LogP contribution in [-0.2, 0) is 16.1 Å². The largest absolute Gasteiger partial charge is 0.507 e. The molecule has 4 rings (SSSR count). The van der Waals surface area contributed by atoms with Crippen LogP contribution >= 0.6 is 0 Å². The fourth-order valence-electron chi connectivity index (χ4n) is 4.26. The number of non-ortho nitro benzene ring substituents is 1. The van der Waals surface area contributed by atoms with Crippen LogP contribution in [-0.4, -0.2) is 38.2 Å². The number of hydrogen-bond donors (Lipinski definition) is 1. The topological polar surface area (TPSA) is 123 Å². The molecule has 190 valence electrons. The summed E-state index contributed by atoms with van der Waals surface area (Å²) in [6.45, 7) is 6.45. The Morgan fingerprint density at radius 2 is 1.95 bits per heavy atom. The second kappa shape index (κ2) is 10.6. The first-order valence-electron chi connectivity index (χ1n) is 11.8. The van der Waals surface area contributed by atoms with Crippen LogP contribution in [0.3, 0.4) is 0 Å². The van der Waals surface area contributed by atoms with Gasteiger partial charge >= 0.3 is 0 Å². The second-order valence-corrected chi connectivity index (χ2v) is 9.33. The zero-order valence-corrected chi connectivity index (χ0v) is 20.7. The lowest BCUT2D eigenvalue weighted by atomic mass is 9.94. The molecule has 1 fully saturated rings. The van der Waals surface area contributed by atoms with E-state index in [0.717, 1.165) is 5.56 Å². The summed E-state index contributed by atoms with van der Waals surface area (Å²) in [6.07, 6.45) is 3.16. The molecule has 1 aliphatic heterocycles. The average molecular weight is 502 g/mol. The Bertz CT molecular complexity index is 1380. The Labute approximate surface area is 214 Å². The van der Waals surface area contributed by atoms with Gasteiger partial charge in [-0.15, -0.1) is 0 Å². The number of aliphatic hydroxyl groups excluding tert-OH is 1. The summed E-state index contributed by atoms with van der Waals surface area (Å²) >= 11 is 0. The van der Waals surface area contributed by atoms with Crippen molar-refractivity contribution < 1.29 is 24.4 Å². The SMILES string of the molecule is Cc1cc(/C(O)=C2\C(=O)C(=O)N(Cc3cccnc3)C2c2cccc([N+](=O)[O-])c2)ccc1OCC(C)C. The molecule has 0 spiro atoms. The quantitative estimate of drug-likeness (QED) is 0.152. The van der Waals surface area contributed by atoms with Crippen LogP contribution in [0.4, 0.5) is 5.69 Å². The average Bonchev–Trinajstić information content (AvgIpc) is 3.13. The molecule has 0 bridgehead atoms. The number of aliphatic hydroxyl groups is 1. The maximum absolute atomic E-state index is 13.3. The Kier molecular flexibility index (Phi) is 7.33. The van der Waals surface area contributed by atoms with Crippen LogP contribution in [0.2, 0.25) is 0 Å². The fraction of sp³-hybridized carbons (Fsp3) is 0.250. The number of amides is 1. The number of hydrogen-bond acceptors (Lipinski definition) is 7. The number of ketones is 1. The number of aryl methyl sites for hydroxylation is 1. The van der Waals surface area contributed by atoms with Crippen molar-refractivity contribution in [3.63, 3.8) is 0 Å². The van der Waals surface area contributed by atoms with Gasteiger partial charge in [0, 0.05) is 36.6 Å². The molecule has 1 aliphatic rings. The highest BCUT2D eigenvalue weighted by Gasteiger charge is 2.46. The van der Waals surface area contributed by atoms with Gasteiger partial charge < -0.3 is 14.7 Å². The van der Waals surface area contributed by atoms with Crippen molar-refractivity contribution in [1.82, 2.24) is 9.88 Å². The molecule has 1 unspecified atom stereocenters. The molecule has 9 nitrogen and oxygen atoms in total. The van der Waals surface area contributed by atoms with E-state index in [9.17, 15) is 24.8 Å². The number of carbonyl (C=O) groups is 2. The molecule has 1 amide bonds. The summed E-state index contributed by atoms with van der Waals surface area (Å²) in [5.41, 5.74) is 1.77. The van der Waals surface area contributed by atoms with Gasteiger partial charge in [0.1, 0.15) is 11.5 Å². The standard InChI is InChI=1S/C28H27N3O6/c1-17(2)16-37-23-10-9-21(12-18(23)3)26(32)24-25(20-7-4-8-22(13-20)31(35)36)30(28(34)27(24)33)15-19-6-5-11-29-14-19/h4-14,17,25,32H,15-16H2,1-3H3/b26-24+. The lowest BCUT2D eigenvalue weighted by Gasteiger charge is -2.25. The number of nitro benzene ring substituents is 1. The number of likely N-dealkylation sites (tertiary alicyclic amines) is 1. The van der Waals surface area contributed by atoms with E-state index in [2.05, 4.69) is 4.98 Å². The second-order valence-electron chi connectivity index (χ2n) is 9.33. The van der Waals surface area contributed by atoms with E-state index in [1.807, 2.05) is 20.8 Å². The number of nitrogens with zero attached hydrogens (tertiary/aromatic N) is 3. The number of aromatic nitrogens is 1. The Hall–Kier alpha value is -4.53. The molecule has 1 aromatic heterocycles. The van der Waals surface area contributed by atoms with Crippen LogP contribution < -0.4 is 4.74 Å². The first kappa shape index (κ1) is 25.6. The molecule has 2 aromatic carbocycles. The number of Topliss-reactive ketones (excluding diaryl/α,β-unsaturated/α-hetero) is 1. The summed E-state index contributed by atoms with van der Waals surface area (Å²) in [6, 6.07) is 13.2. The zero-order valence-electron chi connectivity index (χ0n) is 20.7. The van der Waals surface area contributed by atoms with Crippen LogP contribution in [0.1, 0.15) is 42.1 Å². The summed E-state index contributed by atoms with van der Waals surface area (Å²) in [7, 11) is 0. The highest BCUT2D eigenvalue weighted by Crippen LogP contribution is 2.41. The molecule has 1 saturated heterocycles. The summed E-state index contributed by atoms with van der Waals surface area (Å²) in [5.74, 6) is -1.05. The van der Waals surface area contributed by atoms with Crippen molar-refractivity contribution in [1.29, 1.82) is 0 Å². The number of carbonyl (C=O) groups excluding carboxylic acids is 2. The van der Waals surface area contributed by atoms with Crippen molar-refractivity contribution in [3.8, 4) is 5.75 Å². The van der Waals surface area contributed by atoms with Gasteiger partial charge in [0.15, 0.2) is 0 Å². The number of benzene rings is 2. The molecule has 3 aromatic rings. The van der Waals surface area contributed by atoms with Crippen LogP contribution in [0, 0.1) is 23.0 Å². The third kappa shape index (κ3) is 5.35. The lowest BCUT2D eigenvalue weighted by molar-refractivity contribution is -0.384.